The highest BCUT2D eigenvalue weighted by Crippen LogP contribution is 2.36. The minimum absolute atomic E-state index is 0.154. The molecule has 172 valence electrons. The molecule has 0 saturated carbocycles. The van der Waals surface area contributed by atoms with Crippen LogP contribution in [0, 0.1) is 12.7 Å². The summed E-state index contributed by atoms with van der Waals surface area (Å²) in [5.41, 5.74) is 3.62. The van der Waals surface area contributed by atoms with Crippen LogP contribution in [0.2, 0.25) is 5.02 Å². The third kappa shape index (κ3) is 5.13. The summed E-state index contributed by atoms with van der Waals surface area (Å²) >= 11 is 11.4. The first kappa shape index (κ1) is 23.5. The summed E-state index contributed by atoms with van der Waals surface area (Å²) in [6, 6.07) is 15.9. The zero-order valence-electron chi connectivity index (χ0n) is 18.1. The molecular formula is C24H23ClFN3O2S2. The van der Waals surface area contributed by atoms with E-state index in [4.69, 9.17) is 23.8 Å². The number of thiocarbonyl (C=S) groups is 1. The van der Waals surface area contributed by atoms with Crippen molar-refractivity contribution in [1.82, 2.24) is 0 Å². The lowest BCUT2D eigenvalue weighted by molar-refractivity contribution is 0.560. The molecule has 9 heteroatoms. The van der Waals surface area contributed by atoms with Gasteiger partial charge in [0.2, 0.25) is 0 Å². The maximum absolute atomic E-state index is 13.7. The third-order valence-corrected chi connectivity index (χ3v) is 7.84. The van der Waals surface area contributed by atoms with Crippen molar-refractivity contribution < 1.29 is 12.8 Å². The fraction of sp³-hybridized carbons (Fsp3) is 0.208. The fourth-order valence-corrected chi connectivity index (χ4v) is 6.23. The van der Waals surface area contributed by atoms with Crippen molar-refractivity contribution in [3.8, 4) is 0 Å². The molecule has 0 spiro atoms. The SMILES string of the molecule is Cc1cc(Cl)cc(NC(=S)Nc2ccc(S(=O)(=O)N3c4ccc(F)cc4CCC3C)cc2)c1. The van der Waals surface area contributed by atoms with E-state index in [1.165, 1.54) is 34.6 Å². The number of sulfonamides is 1. The number of hydrogen-bond acceptors (Lipinski definition) is 3. The Bertz CT molecular complexity index is 1290. The number of nitrogens with one attached hydrogen (secondary N) is 2. The molecule has 0 bridgehead atoms. The Balaban J connectivity index is 1.52. The van der Waals surface area contributed by atoms with Crippen LogP contribution in [0.15, 0.2) is 65.6 Å². The van der Waals surface area contributed by atoms with Crippen LogP contribution < -0.4 is 14.9 Å². The van der Waals surface area contributed by atoms with Crippen LogP contribution in [0.1, 0.15) is 24.5 Å². The minimum Gasteiger partial charge on any atom is -0.332 e. The van der Waals surface area contributed by atoms with Crippen LogP contribution in [0.4, 0.5) is 21.5 Å². The molecule has 1 atom stereocenters. The van der Waals surface area contributed by atoms with Gasteiger partial charge in [-0.3, -0.25) is 4.31 Å². The number of anilines is 3. The second-order valence-electron chi connectivity index (χ2n) is 8.08. The summed E-state index contributed by atoms with van der Waals surface area (Å²) in [7, 11) is -3.82. The smallest absolute Gasteiger partial charge is 0.264 e. The van der Waals surface area contributed by atoms with Crippen LogP contribution in [0.3, 0.4) is 0 Å². The molecule has 1 aliphatic heterocycles. The first-order valence-corrected chi connectivity index (χ1v) is 12.6. The van der Waals surface area contributed by atoms with E-state index in [0.717, 1.165) is 11.3 Å². The Morgan fingerprint density at radius 1 is 1.06 bits per heavy atom. The van der Waals surface area contributed by atoms with Gasteiger partial charge in [-0.2, -0.15) is 0 Å². The topological polar surface area (TPSA) is 61.4 Å². The lowest BCUT2D eigenvalue weighted by Gasteiger charge is -2.36. The average molecular weight is 504 g/mol. The molecule has 1 unspecified atom stereocenters. The molecule has 4 rings (SSSR count). The molecular weight excluding hydrogens is 481 g/mol. The number of aryl methyl sites for hydroxylation is 2. The van der Waals surface area contributed by atoms with Crippen molar-refractivity contribution in [2.45, 2.75) is 37.6 Å². The molecule has 33 heavy (non-hydrogen) atoms. The van der Waals surface area contributed by atoms with Crippen molar-refractivity contribution >= 4 is 56.0 Å². The fourth-order valence-electron chi connectivity index (χ4n) is 3.98. The van der Waals surface area contributed by atoms with Crippen LogP contribution in [0.25, 0.3) is 0 Å². The number of nitrogens with zero attached hydrogens (tertiary/aromatic N) is 1. The maximum Gasteiger partial charge on any atom is 0.264 e. The highest BCUT2D eigenvalue weighted by molar-refractivity contribution is 7.92. The van der Waals surface area contributed by atoms with Gasteiger partial charge in [-0.25, -0.2) is 12.8 Å². The Morgan fingerprint density at radius 2 is 1.76 bits per heavy atom. The monoisotopic (exact) mass is 503 g/mol. The van der Waals surface area contributed by atoms with Gasteiger partial charge in [-0.15, -0.1) is 0 Å². The molecule has 1 aliphatic rings. The zero-order chi connectivity index (χ0) is 23.8. The second-order valence-corrected chi connectivity index (χ2v) is 10.7. The van der Waals surface area contributed by atoms with E-state index in [1.54, 1.807) is 18.2 Å². The summed E-state index contributed by atoms with van der Waals surface area (Å²) in [4.78, 5) is 0.154. The third-order valence-electron chi connectivity index (χ3n) is 5.48. The minimum atomic E-state index is -3.82. The van der Waals surface area contributed by atoms with E-state index in [2.05, 4.69) is 10.6 Å². The lowest BCUT2D eigenvalue weighted by Crippen LogP contribution is -2.42. The summed E-state index contributed by atoms with van der Waals surface area (Å²) in [5, 5.41) is 7.07. The summed E-state index contributed by atoms with van der Waals surface area (Å²) in [6.45, 7) is 3.80. The molecule has 3 aromatic rings. The van der Waals surface area contributed by atoms with Crippen LogP contribution in [-0.4, -0.2) is 19.6 Å². The van der Waals surface area contributed by atoms with Gasteiger partial charge in [-0.05, 0) is 111 Å². The van der Waals surface area contributed by atoms with Gasteiger partial charge < -0.3 is 10.6 Å². The number of halogens is 2. The highest BCUT2D eigenvalue weighted by atomic mass is 35.5. The lowest BCUT2D eigenvalue weighted by atomic mass is 9.99. The van der Waals surface area contributed by atoms with Crippen molar-refractivity contribution in [3.63, 3.8) is 0 Å². The summed E-state index contributed by atoms with van der Waals surface area (Å²) in [5.74, 6) is -0.367. The van der Waals surface area contributed by atoms with Crippen molar-refractivity contribution in [3.05, 3.63) is 82.6 Å². The van der Waals surface area contributed by atoms with E-state index in [-0.39, 0.29) is 16.8 Å². The molecule has 0 aromatic heterocycles. The van der Waals surface area contributed by atoms with E-state index in [1.807, 2.05) is 26.0 Å². The summed E-state index contributed by atoms with van der Waals surface area (Å²) < 4.78 is 41.9. The van der Waals surface area contributed by atoms with Gasteiger partial charge in [0.25, 0.3) is 10.0 Å². The zero-order valence-corrected chi connectivity index (χ0v) is 20.5. The molecule has 3 aromatic carbocycles. The number of benzene rings is 3. The normalized spacial score (nSPS) is 15.6. The Hall–Kier alpha value is -2.68. The molecule has 2 N–H and O–H groups in total. The number of rotatable bonds is 4. The van der Waals surface area contributed by atoms with Crippen LogP contribution in [0.5, 0.6) is 0 Å². The first-order valence-electron chi connectivity index (χ1n) is 10.4. The van der Waals surface area contributed by atoms with Gasteiger partial charge in [-0.1, -0.05) is 11.6 Å². The van der Waals surface area contributed by atoms with Crippen molar-refractivity contribution in [1.29, 1.82) is 0 Å². The van der Waals surface area contributed by atoms with Gasteiger partial charge in [0.05, 0.1) is 10.6 Å². The largest absolute Gasteiger partial charge is 0.332 e. The number of hydrogen-bond donors (Lipinski definition) is 2. The van der Waals surface area contributed by atoms with E-state index < -0.39 is 10.0 Å². The standard InChI is InChI=1S/C24H23ClFN3O2S2/c1-15-11-18(25)14-21(12-15)28-24(32)27-20-6-8-22(9-7-20)33(30,31)29-16(2)3-4-17-13-19(26)5-10-23(17)29/h5-14,16H,3-4H2,1-2H3,(H2,27,28,32). The van der Waals surface area contributed by atoms with Gasteiger partial charge in [0, 0.05) is 22.4 Å². The van der Waals surface area contributed by atoms with Gasteiger partial charge in [0.15, 0.2) is 5.11 Å². The van der Waals surface area contributed by atoms with Crippen LogP contribution in [-0.2, 0) is 16.4 Å². The molecule has 0 amide bonds. The average Bonchev–Trinajstić information content (AvgIpc) is 2.73. The van der Waals surface area contributed by atoms with Crippen molar-refractivity contribution in [2.24, 2.45) is 0 Å². The predicted octanol–water partition coefficient (Wildman–Crippen LogP) is 6.13. The molecule has 0 radical (unpaired) electrons. The first-order chi connectivity index (χ1) is 15.6. The van der Waals surface area contributed by atoms with Crippen LogP contribution >= 0.6 is 23.8 Å². The second kappa shape index (κ2) is 9.29. The quantitative estimate of drug-likeness (QED) is 0.419. The summed E-state index contributed by atoms with van der Waals surface area (Å²) in [6.07, 6.45) is 1.26. The molecule has 1 heterocycles. The Kier molecular flexibility index (Phi) is 6.61. The molecule has 0 fully saturated rings. The van der Waals surface area contributed by atoms with E-state index in [0.29, 0.717) is 39.9 Å². The molecule has 0 aliphatic carbocycles. The Morgan fingerprint density at radius 3 is 2.45 bits per heavy atom. The molecule has 0 saturated heterocycles. The van der Waals surface area contributed by atoms with Crippen molar-refractivity contribution in [2.75, 3.05) is 14.9 Å². The number of fused-ring (bicyclic) bond motifs is 1. The van der Waals surface area contributed by atoms with E-state index >= 15 is 0 Å². The maximum atomic E-state index is 13.7. The predicted molar refractivity (Wildman–Crippen MR) is 136 cm³/mol. The molecule has 5 nitrogen and oxygen atoms in total. The highest BCUT2D eigenvalue weighted by Gasteiger charge is 2.33. The van der Waals surface area contributed by atoms with Gasteiger partial charge in [0.1, 0.15) is 5.82 Å². The van der Waals surface area contributed by atoms with E-state index in [9.17, 15) is 12.8 Å². The Labute approximate surface area is 203 Å². The van der Waals surface area contributed by atoms with Gasteiger partial charge >= 0.3 is 0 Å².